The Morgan fingerprint density at radius 2 is 1.62 bits per heavy atom. The second kappa shape index (κ2) is 9.72. The van der Waals surface area contributed by atoms with Crippen LogP contribution in [0.5, 0.6) is 17.2 Å². The largest absolute Gasteiger partial charge is 0.497 e. The highest BCUT2D eigenvalue weighted by Crippen LogP contribution is 2.33. The SMILES string of the molecule is COc1ccc2sc(N(Cc3ccccn3)C(=O)c3ccc(Oc4ccccc4)cc3)nc2c1. The summed E-state index contributed by atoms with van der Waals surface area (Å²) >= 11 is 1.46. The van der Waals surface area contributed by atoms with E-state index in [1.54, 1.807) is 42.5 Å². The molecule has 0 aliphatic heterocycles. The van der Waals surface area contributed by atoms with E-state index in [0.717, 1.165) is 27.4 Å². The number of amides is 1. The van der Waals surface area contributed by atoms with Crippen molar-refractivity contribution in [3.05, 3.63) is 108 Å². The van der Waals surface area contributed by atoms with Gasteiger partial charge in [-0.15, -0.1) is 0 Å². The van der Waals surface area contributed by atoms with E-state index in [2.05, 4.69) is 4.98 Å². The van der Waals surface area contributed by atoms with Gasteiger partial charge in [0.05, 0.1) is 29.6 Å². The molecule has 0 atom stereocenters. The second-order valence-electron chi connectivity index (χ2n) is 7.48. The number of hydrogen-bond donors (Lipinski definition) is 0. The van der Waals surface area contributed by atoms with E-state index in [0.29, 0.717) is 23.0 Å². The van der Waals surface area contributed by atoms with E-state index in [1.165, 1.54) is 11.3 Å². The van der Waals surface area contributed by atoms with Crippen molar-refractivity contribution in [1.29, 1.82) is 0 Å². The molecule has 7 heteroatoms. The van der Waals surface area contributed by atoms with Gasteiger partial charge in [-0.3, -0.25) is 14.7 Å². The van der Waals surface area contributed by atoms with Crippen LogP contribution in [0.3, 0.4) is 0 Å². The number of benzene rings is 3. The summed E-state index contributed by atoms with van der Waals surface area (Å²) in [5.41, 5.74) is 2.09. The van der Waals surface area contributed by atoms with Crippen molar-refractivity contribution in [2.75, 3.05) is 12.0 Å². The lowest BCUT2D eigenvalue weighted by atomic mass is 10.2. The molecule has 2 aromatic heterocycles. The molecule has 3 aromatic carbocycles. The summed E-state index contributed by atoms with van der Waals surface area (Å²) in [6.45, 7) is 0.304. The van der Waals surface area contributed by atoms with E-state index in [9.17, 15) is 4.79 Å². The van der Waals surface area contributed by atoms with Crippen LogP contribution in [0, 0.1) is 0 Å². The molecule has 168 valence electrons. The fraction of sp³-hybridized carbons (Fsp3) is 0.0741. The van der Waals surface area contributed by atoms with Crippen molar-refractivity contribution in [2.45, 2.75) is 6.54 Å². The number of pyridine rings is 1. The van der Waals surface area contributed by atoms with Gasteiger partial charge in [0.2, 0.25) is 0 Å². The number of fused-ring (bicyclic) bond motifs is 1. The smallest absolute Gasteiger partial charge is 0.260 e. The number of anilines is 1. The highest BCUT2D eigenvalue weighted by atomic mass is 32.1. The van der Waals surface area contributed by atoms with Crippen molar-refractivity contribution < 1.29 is 14.3 Å². The maximum absolute atomic E-state index is 13.6. The first-order valence-electron chi connectivity index (χ1n) is 10.7. The molecule has 0 aliphatic rings. The van der Waals surface area contributed by atoms with Gasteiger partial charge < -0.3 is 9.47 Å². The van der Waals surface area contributed by atoms with Gasteiger partial charge in [-0.1, -0.05) is 35.6 Å². The van der Waals surface area contributed by atoms with Crippen LogP contribution in [0.2, 0.25) is 0 Å². The third-order valence-corrected chi connectivity index (χ3v) is 6.25. The minimum atomic E-state index is -0.164. The van der Waals surface area contributed by atoms with E-state index < -0.39 is 0 Å². The number of thiazole rings is 1. The lowest BCUT2D eigenvalue weighted by Crippen LogP contribution is -2.30. The molecule has 34 heavy (non-hydrogen) atoms. The number of methoxy groups -OCH3 is 1. The Hall–Kier alpha value is -4.23. The molecule has 1 amide bonds. The normalized spacial score (nSPS) is 10.7. The Bertz CT molecular complexity index is 1400. The van der Waals surface area contributed by atoms with Crippen molar-refractivity contribution in [3.8, 4) is 17.2 Å². The monoisotopic (exact) mass is 467 g/mol. The minimum absolute atomic E-state index is 0.164. The van der Waals surface area contributed by atoms with Crippen molar-refractivity contribution in [2.24, 2.45) is 0 Å². The highest BCUT2D eigenvalue weighted by molar-refractivity contribution is 7.22. The molecule has 5 aromatic rings. The third-order valence-electron chi connectivity index (χ3n) is 5.19. The van der Waals surface area contributed by atoms with Crippen LogP contribution < -0.4 is 14.4 Å². The maximum atomic E-state index is 13.6. The second-order valence-corrected chi connectivity index (χ2v) is 8.49. The molecule has 0 unspecified atom stereocenters. The predicted molar refractivity (Wildman–Crippen MR) is 134 cm³/mol. The molecule has 0 N–H and O–H groups in total. The fourth-order valence-corrected chi connectivity index (χ4v) is 4.41. The van der Waals surface area contributed by atoms with Gasteiger partial charge in [-0.25, -0.2) is 4.98 Å². The zero-order valence-corrected chi connectivity index (χ0v) is 19.2. The van der Waals surface area contributed by atoms with Crippen LogP contribution in [0.25, 0.3) is 10.2 Å². The van der Waals surface area contributed by atoms with Gasteiger partial charge in [0.1, 0.15) is 17.2 Å². The summed E-state index contributed by atoms with van der Waals surface area (Å²) in [5, 5.41) is 0.600. The van der Waals surface area contributed by atoms with Gasteiger partial charge >= 0.3 is 0 Å². The molecule has 0 radical (unpaired) electrons. The summed E-state index contributed by atoms with van der Waals surface area (Å²) in [6.07, 6.45) is 1.72. The van der Waals surface area contributed by atoms with Crippen LogP contribution in [0.15, 0.2) is 97.2 Å². The summed E-state index contributed by atoms with van der Waals surface area (Å²) in [7, 11) is 1.62. The molecule has 0 saturated carbocycles. The van der Waals surface area contributed by atoms with Crippen molar-refractivity contribution in [3.63, 3.8) is 0 Å². The van der Waals surface area contributed by atoms with Crippen LogP contribution in [0.1, 0.15) is 16.1 Å². The van der Waals surface area contributed by atoms with E-state index >= 15 is 0 Å². The fourth-order valence-electron chi connectivity index (χ4n) is 3.46. The van der Waals surface area contributed by atoms with Crippen LogP contribution in [0.4, 0.5) is 5.13 Å². The van der Waals surface area contributed by atoms with Gasteiger partial charge in [-0.2, -0.15) is 0 Å². The first-order chi connectivity index (χ1) is 16.7. The average Bonchev–Trinajstić information content (AvgIpc) is 3.31. The number of carbonyl (C=O) groups excluding carboxylic acids is 1. The highest BCUT2D eigenvalue weighted by Gasteiger charge is 2.22. The summed E-state index contributed by atoms with van der Waals surface area (Å²) in [6, 6.07) is 28.0. The molecular weight excluding hydrogens is 446 g/mol. The standard InChI is InChI=1S/C27H21N3O3S/c1-32-23-14-15-25-24(17-23)29-27(34-25)30(18-20-7-5-6-16-28-20)26(31)19-10-12-22(13-11-19)33-21-8-3-2-4-9-21/h2-17H,18H2,1H3. The Kier molecular flexibility index (Phi) is 6.18. The van der Waals surface area contributed by atoms with Gasteiger partial charge in [0.15, 0.2) is 5.13 Å². The number of rotatable bonds is 7. The number of para-hydroxylation sites is 1. The zero-order valence-electron chi connectivity index (χ0n) is 18.4. The lowest BCUT2D eigenvalue weighted by Gasteiger charge is -2.19. The molecule has 2 heterocycles. The molecular formula is C27H21N3O3S. The van der Waals surface area contributed by atoms with Crippen molar-refractivity contribution >= 4 is 32.6 Å². The number of nitrogens with zero attached hydrogens (tertiary/aromatic N) is 3. The molecule has 0 bridgehead atoms. The first-order valence-corrected chi connectivity index (χ1v) is 11.5. The molecule has 5 rings (SSSR count). The van der Waals surface area contributed by atoms with Crippen LogP contribution in [-0.2, 0) is 6.54 Å². The summed E-state index contributed by atoms with van der Waals surface area (Å²) < 4.78 is 12.2. The molecule has 0 fully saturated rings. The number of carbonyl (C=O) groups is 1. The minimum Gasteiger partial charge on any atom is -0.497 e. The van der Waals surface area contributed by atoms with Crippen LogP contribution in [-0.4, -0.2) is 23.0 Å². The predicted octanol–water partition coefficient (Wildman–Crippen LogP) is 6.34. The maximum Gasteiger partial charge on any atom is 0.260 e. The van der Waals surface area contributed by atoms with Gasteiger partial charge in [0, 0.05) is 17.8 Å². The Morgan fingerprint density at radius 1 is 0.882 bits per heavy atom. The van der Waals surface area contributed by atoms with E-state index in [1.807, 2.05) is 66.7 Å². The van der Waals surface area contributed by atoms with Gasteiger partial charge in [0.25, 0.3) is 5.91 Å². The summed E-state index contributed by atoms with van der Waals surface area (Å²) in [5.74, 6) is 1.96. The van der Waals surface area contributed by atoms with E-state index in [-0.39, 0.29) is 5.91 Å². The van der Waals surface area contributed by atoms with E-state index in [4.69, 9.17) is 14.5 Å². The van der Waals surface area contributed by atoms with Crippen molar-refractivity contribution in [1.82, 2.24) is 9.97 Å². The number of aromatic nitrogens is 2. The Labute approximate surface area is 201 Å². The first kappa shape index (κ1) is 21.6. The average molecular weight is 468 g/mol. The lowest BCUT2D eigenvalue weighted by molar-refractivity contribution is 0.0985. The molecule has 0 spiro atoms. The third kappa shape index (κ3) is 4.74. The topological polar surface area (TPSA) is 64.5 Å². The van der Waals surface area contributed by atoms with Gasteiger partial charge in [-0.05, 0) is 60.7 Å². The zero-order chi connectivity index (χ0) is 23.3. The molecule has 0 aliphatic carbocycles. The molecule has 6 nitrogen and oxygen atoms in total. The number of ether oxygens (including phenoxy) is 2. The molecule has 0 saturated heterocycles. The Balaban J connectivity index is 1.45. The Morgan fingerprint density at radius 3 is 2.35 bits per heavy atom. The quantitative estimate of drug-likeness (QED) is 0.279. The van der Waals surface area contributed by atoms with Crippen LogP contribution >= 0.6 is 11.3 Å². The summed E-state index contributed by atoms with van der Waals surface area (Å²) in [4.78, 5) is 24.4. The number of hydrogen-bond acceptors (Lipinski definition) is 6.